The third-order valence-electron chi connectivity index (χ3n) is 6.79. The number of aromatic nitrogens is 4. The van der Waals surface area contributed by atoms with Gasteiger partial charge in [-0.15, -0.1) is 0 Å². The molecule has 1 aromatic carbocycles. The maximum absolute atomic E-state index is 12.8. The zero-order valence-electron chi connectivity index (χ0n) is 21.3. The van der Waals surface area contributed by atoms with E-state index in [1.807, 2.05) is 6.92 Å². The summed E-state index contributed by atoms with van der Waals surface area (Å²) in [6.45, 7) is 3.53. The normalized spacial score (nSPS) is 16.8. The number of aryl methyl sites for hydroxylation is 2. The Hall–Kier alpha value is -2.60. The minimum absolute atomic E-state index is 0.0342. The Labute approximate surface area is 212 Å². The van der Waals surface area contributed by atoms with E-state index in [0.717, 1.165) is 31.4 Å². The zero-order valence-corrected chi connectivity index (χ0v) is 22.1. The molecule has 0 radical (unpaired) electrons. The van der Waals surface area contributed by atoms with Gasteiger partial charge in [-0.2, -0.15) is 5.10 Å². The lowest BCUT2D eigenvalue weighted by Gasteiger charge is -2.18. The van der Waals surface area contributed by atoms with Crippen LogP contribution in [0.25, 0.3) is 22.4 Å². The molecule has 2 aromatic heterocycles. The van der Waals surface area contributed by atoms with Gasteiger partial charge in [0.05, 0.1) is 17.2 Å². The minimum Gasteiger partial charge on any atom is -0.305 e. The highest BCUT2D eigenvalue weighted by molar-refractivity contribution is 7.89. The molecule has 1 unspecified atom stereocenters. The van der Waals surface area contributed by atoms with Crippen molar-refractivity contribution in [3.05, 3.63) is 40.3 Å². The van der Waals surface area contributed by atoms with E-state index in [-0.39, 0.29) is 10.5 Å². The van der Waals surface area contributed by atoms with Crippen LogP contribution in [-0.2, 0) is 28.3 Å². The molecule has 1 saturated heterocycles. The molecular formula is C25H36N6O4S. The molecule has 1 aliphatic rings. The quantitative estimate of drug-likeness (QED) is 0.280. The molecule has 0 saturated carbocycles. The van der Waals surface area contributed by atoms with Gasteiger partial charge in [-0.25, -0.2) is 13.4 Å². The molecule has 3 heterocycles. The Morgan fingerprint density at radius 3 is 2.81 bits per heavy atom. The molecule has 0 amide bonds. The molecule has 10 nitrogen and oxygen atoms in total. The number of fused-ring (bicyclic) bond motifs is 1. The van der Waals surface area contributed by atoms with E-state index in [2.05, 4.69) is 31.9 Å². The summed E-state index contributed by atoms with van der Waals surface area (Å²) < 4.78 is 27.1. The van der Waals surface area contributed by atoms with Crippen molar-refractivity contribution in [1.82, 2.24) is 29.5 Å². The first-order chi connectivity index (χ1) is 17.3. The summed E-state index contributed by atoms with van der Waals surface area (Å²) in [6, 6.07) is 6.96. The number of sulfonamides is 1. The van der Waals surface area contributed by atoms with Crippen LogP contribution in [0.3, 0.4) is 0 Å². The molecule has 4 rings (SSSR count). The van der Waals surface area contributed by atoms with Crippen molar-refractivity contribution in [2.75, 3.05) is 20.2 Å². The standard InChI is InChI=1S/C25H36N6O4S/c1-4-10-21-22-23(31(3)28-21)25(32)27-24(26-22)18-11-8-14-20(17-18)36(33,34)29-35-16-7-5-6-12-19-13-9-15-30(19)2/h8,11,14,17,19,29H,4-7,9-10,12-13,15-16H2,1-3H3,(H,26,27,32). The average Bonchev–Trinajstić information content (AvgIpc) is 3.41. The van der Waals surface area contributed by atoms with Crippen molar-refractivity contribution < 1.29 is 13.3 Å². The number of nitrogens with one attached hydrogen (secondary N) is 2. The van der Waals surface area contributed by atoms with E-state index in [4.69, 9.17) is 4.84 Å². The van der Waals surface area contributed by atoms with Gasteiger partial charge in [0.2, 0.25) is 0 Å². The monoisotopic (exact) mass is 516 g/mol. The molecule has 0 bridgehead atoms. The number of aromatic amines is 1. The van der Waals surface area contributed by atoms with E-state index in [0.29, 0.717) is 41.5 Å². The third kappa shape index (κ3) is 6.03. The molecule has 1 fully saturated rings. The number of hydrogen-bond acceptors (Lipinski definition) is 7. The van der Waals surface area contributed by atoms with Gasteiger partial charge in [-0.3, -0.25) is 14.3 Å². The van der Waals surface area contributed by atoms with Gasteiger partial charge in [0.1, 0.15) is 11.3 Å². The fraction of sp³-hybridized carbons (Fsp3) is 0.560. The summed E-state index contributed by atoms with van der Waals surface area (Å²) in [5.41, 5.74) is 1.85. The summed E-state index contributed by atoms with van der Waals surface area (Å²) in [7, 11) is 0.00888. The molecule has 3 aromatic rings. The molecule has 1 atom stereocenters. The molecule has 2 N–H and O–H groups in total. The van der Waals surface area contributed by atoms with E-state index in [9.17, 15) is 13.2 Å². The number of unbranched alkanes of at least 4 members (excludes halogenated alkanes) is 2. The average molecular weight is 517 g/mol. The van der Waals surface area contributed by atoms with Crippen LogP contribution in [0.5, 0.6) is 0 Å². The van der Waals surface area contributed by atoms with Crippen molar-refractivity contribution in [3.8, 4) is 11.4 Å². The number of rotatable bonds is 12. The first-order valence-corrected chi connectivity index (χ1v) is 14.2. The molecule has 11 heteroatoms. The fourth-order valence-corrected chi connectivity index (χ4v) is 5.72. The van der Waals surface area contributed by atoms with Crippen molar-refractivity contribution in [2.45, 2.75) is 69.2 Å². The van der Waals surface area contributed by atoms with Gasteiger partial charge in [0.15, 0.2) is 5.52 Å². The van der Waals surface area contributed by atoms with Crippen LogP contribution >= 0.6 is 0 Å². The number of benzene rings is 1. The molecule has 0 spiro atoms. The van der Waals surface area contributed by atoms with Crippen LogP contribution in [0.2, 0.25) is 0 Å². The highest BCUT2D eigenvalue weighted by Gasteiger charge is 2.20. The highest BCUT2D eigenvalue weighted by atomic mass is 32.2. The predicted molar refractivity (Wildman–Crippen MR) is 139 cm³/mol. The predicted octanol–water partition coefficient (Wildman–Crippen LogP) is 3.14. The fourth-order valence-electron chi connectivity index (χ4n) is 4.84. The number of H-pyrrole nitrogens is 1. The zero-order chi connectivity index (χ0) is 25.7. The van der Waals surface area contributed by atoms with Gasteiger partial charge >= 0.3 is 0 Å². The van der Waals surface area contributed by atoms with Gasteiger partial charge < -0.3 is 9.88 Å². The maximum atomic E-state index is 12.8. The number of nitrogens with zero attached hydrogens (tertiary/aromatic N) is 4. The Morgan fingerprint density at radius 1 is 1.22 bits per heavy atom. The second-order valence-corrected chi connectivity index (χ2v) is 11.2. The van der Waals surface area contributed by atoms with Crippen LogP contribution in [0.4, 0.5) is 0 Å². The summed E-state index contributed by atoms with van der Waals surface area (Å²) in [5.74, 6) is 0.295. The van der Waals surface area contributed by atoms with Crippen LogP contribution in [0.1, 0.15) is 57.6 Å². The van der Waals surface area contributed by atoms with Gasteiger partial charge in [-0.1, -0.05) is 43.2 Å². The lowest BCUT2D eigenvalue weighted by atomic mass is 10.1. The van der Waals surface area contributed by atoms with Crippen LogP contribution in [-0.4, -0.2) is 59.3 Å². The third-order valence-corrected chi connectivity index (χ3v) is 8.00. The second kappa shape index (κ2) is 11.6. The summed E-state index contributed by atoms with van der Waals surface area (Å²) >= 11 is 0. The lowest BCUT2D eigenvalue weighted by Crippen LogP contribution is -2.25. The van der Waals surface area contributed by atoms with Crippen LogP contribution in [0.15, 0.2) is 34.0 Å². The maximum Gasteiger partial charge on any atom is 0.277 e. The minimum atomic E-state index is -3.88. The van der Waals surface area contributed by atoms with Crippen molar-refractivity contribution in [3.63, 3.8) is 0 Å². The smallest absolute Gasteiger partial charge is 0.277 e. The van der Waals surface area contributed by atoms with E-state index < -0.39 is 10.0 Å². The first-order valence-electron chi connectivity index (χ1n) is 12.7. The topological polar surface area (TPSA) is 122 Å². The SMILES string of the molecule is CCCc1nn(C)c2c(=O)[nH]c(-c3cccc(S(=O)(=O)NOCCCCCC4CCCN4C)c3)nc12. The Bertz CT molecular complexity index is 1350. The molecular weight excluding hydrogens is 480 g/mol. The Morgan fingerprint density at radius 2 is 2.06 bits per heavy atom. The van der Waals surface area contributed by atoms with Gasteiger partial charge in [-0.05, 0) is 57.8 Å². The largest absolute Gasteiger partial charge is 0.305 e. The molecule has 0 aliphatic carbocycles. The molecule has 36 heavy (non-hydrogen) atoms. The second-order valence-electron chi connectivity index (χ2n) is 9.52. The number of hydrogen-bond donors (Lipinski definition) is 2. The lowest BCUT2D eigenvalue weighted by molar-refractivity contribution is 0.0893. The van der Waals surface area contributed by atoms with E-state index >= 15 is 0 Å². The van der Waals surface area contributed by atoms with Crippen molar-refractivity contribution >= 4 is 21.1 Å². The van der Waals surface area contributed by atoms with Crippen LogP contribution in [0, 0.1) is 0 Å². The van der Waals surface area contributed by atoms with Crippen molar-refractivity contribution in [2.24, 2.45) is 7.05 Å². The summed E-state index contributed by atoms with van der Waals surface area (Å²) in [6.07, 6.45) is 8.18. The molecule has 1 aliphatic heterocycles. The van der Waals surface area contributed by atoms with Crippen molar-refractivity contribution in [1.29, 1.82) is 0 Å². The Balaban J connectivity index is 1.38. The van der Waals surface area contributed by atoms with E-state index in [1.165, 1.54) is 42.6 Å². The molecule has 196 valence electrons. The van der Waals surface area contributed by atoms with Gasteiger partial charge in [0, 0.05) is 18.7 Å². The Kier molecular flexibility index (Phi) is 8.55. The summed E-state index contributed by atoms with van der Waals surface area (Å²) in [4.78, 5) is 30.1. The summed E-state index contributed by atoms with van der Waals surface area (Å²) in [5, 5.41) is 4.43. The highest BCUT2D eigenvalue weighted by Crippen LogP contribution is 2.22. The van der Waals surface area contributed by atoms with Crippen LogP contribution < -0.4 is 10.4 Å². The van der Waals surface area contributed by atoms with Gasteiger partial charge in [0.25, 0.3) is 15.6 Å². The number of likely N-dealkylation sites (tertiary alicyclic amines) is 1. The first kappa shape index (κ1) is 26.5. The van der Waals surface area contributed by atoms with E-state index in [1.54, 1.807) is 19.2 Å².